The Morgan fingerprint density at radius 3 is 2.15 bits per heavy atom. The number of aldehydes is 1. The molecule has 1 aliphatic carbocycles. The molecule has 3 aromatic rings. The van der Waals surface area contributed by atoms with E-state index in [2.05, 4.69) is 65.6 Å². The minimum atomic E-state index is 0.00640. The monoisotopic (exact) mass is 525 g/mol. The first-order chi connectivity index (χ1) is 19.2. The number of benzene rings is 3. The van der Waals surface area contributed by atoms with Gasteiger partial charge in [-0.3, -0.25) is 4.90 Å². The van der Waals surface area contributed by atoms with Crippen LogP contribution in [-0.4, -0.2) is 48.6 Å². The van der Waals surface area contributed by atoms with Crippen molar-refractivity contribution in [1.82, 2.24) is 4.90 Å². The molecule has 6 atom stereocenters. The zero-order chi connectivity index (χ0) is 26.7. The molecule has 39 heavy (non-hydrogen) atoms. The summed E-state index contributed by atoms with van der Waals surface area (Å²) >= 11 is 0. The largest absolute Gasteiger partial charge is 0.497 e. The van der Waals surface area contributed by atoms with Crippen molar-refractivity contribution >= 4 is 6.29 Å². The number of methoxy groups -OCH3 is 1. The van der Waals surface area contributed by atoms with Crippen LogP contribution in [0.3, 0.4) is 0 Å². The van der Waals surface area contributed by atoms with Gasteiger partial charge in [-0.1, -0.05) is 72.8 Å². The fourth-order valence-corrected chi connectivity index (χ4v) is 7.44. The van der Waals surface area contributed by atoms with Gasteiger partial charge in [0, 0.05) is 30.0 Å². The second kappa shape index (κ2) is 11.6. The Morgan fingerprint density at radius 2 is 1.51 bits per heavy atom. The first-order valence-corrected chi connectivity index (χ1v) is 14.3. The normalized spacial score (nSPS) is 30.0. The van der Waals surface area contributed by atoms with Crippen LogP contribution in [0.25, 0.3) is 0 Å². The highest BCUT2D eigenvalue weighted by atomic mass is 16.5. The lowest BCUT2D eigenvalue weighted by Crippen LogP contribution is -2.67. The van der Waals surface area contributed by atoms with Crippen molar-refractivity contribution in [2.24, 2.45) is 11.8 Å². The van der Waals surface area contributed by atoms with Gasteiger partial charge in [0.2, 0.25) is 0 Å². The van der Waals surface area contributed by atoms with Gasteiger partial charge in [-0.25, -0.2) is 0 Å². The Hall–Kier alpha value is -2.99. The van der Waals surface area contributed by atoms with Crippen LogP contribution >= 0.6 is 0 Å². The van der Waals surface area contributed by atoms with E-state index < -0.39 is 0 Å². The van der Waals surface area contributed by atoms with Crippen molar-refractivity contribution in [3.05, 3.63) is 102 Å². The number of hydrogen-bond acceptors (Lipinski definition) is 5. The van der Waals surface area contributed by atoms with E-state index in [-0.39, 0.29) is 35.6 Å². The molecule has 0 aromatic heterocycles. The highest BCUT2D eigenvalue weighted by Crippen LogP contribution is 2.53. The molecule has 2 aliphatic heterocycles. The average Bonchev–Trinajstić information content (AvgIpc) is 3.35. The fraction of sp³-hybridized carbons (Fsp3) is 0.441. The number of fused-ring (bicyclic) bond motifs is 1. The van der Waals surface area contributed by atoms with Crippen LogP contribution < -0.4 is 4.74 Å². The highest BCUT2D eigenvalue weighted by molar-refractivity contribution is 5.55. The van der Waals surface area contributed by atoms with E-state index in [1.165, 1.54) is 23.0 Å². The first-order valence-electron chi connectivity index (χ1n) is 14.3. The van der Waals surface area contributed by atoms with Crippen LogP contribution in [-0.2, 0) is 33.9 Å². The summed E-state index contributed by atoms with van der Waals surface area (Å²) in [6.45, 7) is 2.01. The van der Waals surface area contributed by atoms with Crippen molar-refractivity contribution in [1.29, 1.82) is 0 Å². The minimum Gasteiger partial charge on any atom is -0.497 e. The SMILES string of the molecule is COc1ccc(CC2C(OCc3ccccc3)C3CC4(CCC3OCc3ccccc3)CC(C=O)CN24)cc1. The Balaban J connectivity index is 1.31. The Labute approximate surface area is 232 Å². The molecule has 0 N–H and O–H groups in total. The molecule has 5 heteroatoms. The van der Waals surface area contributed by atoms with Crippen LogP contribution in [0.2, 0.25) is 0 Å². The van der Waals surface area contributed by atoms with Gasteiger partial charge in [-0.05, 0) is 60.9 Å². The molecule has 6 rings (SSSR count). The molecule has 3 aliphatic rings. The topological polar surface area (TPSA) is 48.0 Å². The molecule has 3 aromatic carbocycles. The predicted molar refractivity (Wildman–Crippen MR) is 151 cm³/mol. The predicted octanol–water partition coefficient (Wildman–Crippen LogP) is 5.85. The average molecular weight is 526 g/mol. The van der Waals surface area contributed by atoms with E-state index in [1.807, 2.05) is 24.3 Å². The molecular formula is C34H39NO4. The molecule has 204 valence electrons. The molecule has 2 bridgehead atoms. The molecular weight excluding hydrogens is 486 g/mol. The number of rotatable bonds is 10. The van der Waals surface area contributed by atoms with Crippen LogP contribution in [0.15, 0.2) is 84.9 Å². The van der Waals surface area contributed by atoms with Crippen molar-refractivity contribution in [2.75, 3.05) is 13.7 Å². The van der Waals surface area contributed by atoms with Gasteiger partial charge >= 0.3 is 0 Å². The third-order valence-corrected chi connectivity index (χ3v) is 9.26. The van der Waals surface area contributed by atoms with Crippen LogP contribution in [0.5, 0.6) is 5.75 Å². The molecule has 2 saturated heterocycles. The third-order valence-electron chi connectivity index (χ3n) is 9.26. The van der Waals surface area contributed by atoms with Crippen molar-refractivity contribution in [3.63, 3.8) is 0 Å². The van der Waals surface area contributed by atoms with E-state index in [4.69, 9.17) is 14.2 Å². The van der Waals surface area contributed by atoms with Gasteiger partial charge < -0.3 is 19.0 Å². The summed E-state index contributed by atoms with van der Waals surface area (Å²) in [5.74, 6) is 1.22. The molecule has 3 fully saturated rings. The summed E-state index contributed by atoms with van der Waals surface area (Å²) in [4.78, 5) is 14.7. The molecule has 1 saturated carbocycles. The molecule has 0 radical (unpaired) electrons. The Kier molecular flexibility index (Phi) is 7.83. The Morgan fingerprint density at radius 1 is 0.846 bits per heavy atom. The number of piperidine rings is 1. The second-order valence-electron chi connectivity index (χ2n) is 11.6. The standard InChI is InChI=1S/C34H39NO4/c1-37-29-14-12-25(13-15-29)18-31-33(39-24-27-10-6-3-7-11-27)30-20-34(19-28(22-36)21-35(31)34)17-16-32(30)38-23-26-8-4-2-5-9-26/h2-15,22,28,30-33H,16-21,23-24H2,1H3. The summed E-state index contributed by atoms with van der Waals surface area (Å²) < 4.78 is 19.0. The number of ether oxygens (including phenoxy) is 3. The number of hydrogen-bond donors (Lipinski definition) is 0. The van der Waals surface area contributed by atoms with Gasteiger partial charge in [0.15, 0.2) is 0 Å². The van der Waals surface area contributed by atoms with E-state index in [9.17, 15) is 4.79 Å². The quantitative estimate of drug-likeness (QED) is 0.311. The first kappa shape index (κ1) is 26.2. The van der Waals surface area contributed by atoms with Crippen LogP contribution in [0.4, 0.5) is 0 Å². The van der Waals surface area contributed by atoms with Gasteiger partial charge in [0.1, 0.15) is 12.0 Å². The molecule has 2 heterocycles. The maximum absolute atomic E-state index is 12.1. The second-order valence-corrected chi connectivity index (χ2v) is 11.6. The maximum atomic E-state index is 12.1. The Bertz CT molecular complexity index is 1220. The minimum absolute atomic E-state index is 0.00640. The van der Waals surface area contributed by atoms with E-state index in [0.717, 1.165) is 44.4 Å². The number of carbonyl (C=O) groups is 1. The number of nitrogens with zero attached hydrogens (tertiary/aromatic N) is 1. The lowest BCUT2D eigenvalue weighted by atomic mass is 9.64. The molecule has 5 nitrogen and oxygen atoms in total. The van der Waals surface area contributed by atoms with Gasteiger partial charge in [-0.2, -0.15) is 0 Å². The van der Waals surface area contributed by atoms with Crippen LogP contribution in [0.1, 0.15) is 42.4 Å². The number of carbonyl (C=O) groups excluding carboxylic acids is 1. The van der Waals surface area contributed by atoms with Gasteiger partial charge in [0.05, 0.1) is 32.5 Å². The van der Waals surface area contributed by atoms with E-state index >= 15 is 0 Å². The summed E-state index contributed by atoms with van der Waals surface area (Å²) in [5, 5.41) is 0. The van der Waals surface area contributed by atoms with E-state index in [1.54, 1.807) is 7.11 Å². The van der Waals surface area contributed by atoms with Crippen molar-refractivity contribution in [2.45, 2.75) is 69.1 Å². The van der Waals surface area contributed by atoms with Crippen LogP contribution in [0, 0.1) is 11.8 Å². The lowest BCUT2D eigenvalue weighted by Gasteiger charge is -2.58. The molecule has 6 unspecified atom stereocenters. The maximum Gasteiger partial charge on any atom is 0.124 e. The van der Waals surface area contributed by atoms with Gasteiger partial charge in [0.25, 0.3) is 0 Å². The lowest BCUT2D eigenvalue weighted by molar-refractivity contribution is -0.184. The van der Waals surface area contributed by atoms with Crippen molar-refractivity contribution < 1.29 is 19.0 Å². The zero-order valence-corrected chi connectivity index (χ0v) is 22.8. The summed E-state index contributed by atoms with van der Waals surface area (Å²) in [7, 11) is 1.70. The smallest absolute Gasteiger partial charge is 0.124 e. The summed E-state index contributed by atoms with van der Waals surface area (Å²) in [6.07, 6.45) is 6.23. The summed E-state index contributed by atoms with van der Waals surface area (Å²) in [6, 6.07) is 29.5. The fourth-order valence-electron chi connectivity index (χ4n) is 7.44. The molecule has 0 amide bonds. The highest BCUT2D eigenvalue weighted by Gasteiger charge is 2.60. The van der Waals surface area contributed by atoms with E-state index in [0.29, 0.717) is 13.2 Å². The zero-order valence-electron chi connectivity index (χ0n) is 22.8. The summed E-state index contributed by atoms with van der Waals surface area (Å²) in [5.41, 5.74) is 3.70. The van der Waals surface area contributed by atoms with Crippen molar-refractivity contribution in [3.8, 4) is 5.75 Å². The third kappa shape index (κ3) is 5.54. The molecule has 1 spiro atoms. The van der Waals surface area contributed by atoms with Gasteiger partial charge in [-0.15, -0.1) is 0 Å².